The van der Waals surface area contributed by atoms with Crippen molar-refractivity contribution < 1.29 is 17.1 Å². The van der Waals surface area contributed by atoms with E-state index in [1.54, 1.807) is 14.0 Å². The second-order valence-corrected chi connectivity index (χ2v) is 7.04. The fourth-order valence-electron chi connectivity index (χ4n) is 2.76. The molecule has 1 radical (unpaired) electrons. The number of hydrogen-bond donors (Lipinski definition) is 1. The molecule has 0 aliphatic rings. The summed E-state index contributed by atoms with van der Waals surface area (Å²) in [5.41, 5.74) is 2.86. The number of nitrogens with zero attached hydrogens (tertiary/aromatic N) is 4. The van der Waals surface area contributed by atoms with E-state index in [0.717, 1.165) is 21.9 Å². The van der Waals surface area contributed by atoms with E-state index in [1.165, 1.54) is 0 Å². The predicted molar refractivity (Wildman–Crippen MR) is 128 cm³/mol. The maximum absolute atomic E-state index is 5.16. The van der Waals surface area contributed by atoms with Crippen molar-refractivity contribution in [2.24, 2.45) is 20.4 Å². The molecule has 30 heavy (non-hydrogen) atoms. The number of amidine groups is 1. The molecule has 155 valence electrons. The third-order valence-corrected chi connectivity index (χ3v) is 4.43. The summed E-state index contributed by atoms with van der Waals surface area (Å²) >= 11 is 10.3. The van der Waals surface area contributed by atoms with Crippen LogP contribution in [0.2, 0.25) is 0 Å². The largest absolute Gasteiger partial charge is 2.00 e. The van der Waals surface area contributed by atoms with Crippen molar-refractivity contribution in [1.29, 1.82) is 0 Å². The molecule has 0 aromatic heterocycles. The minimum absolute atomic E-state index is 0. The Hall–Kier alpha value is -2.64. The Morgan fingerprint density at radius 3 is 2.07 bits per heavy atom. The van der Waals surface area contributed by atoms with Gasteiger partial charge in [-0.1, -0.05) is 77.8 Å². The molecule has 0 aliphatic carbocycles. The quantitative estimate of drug-likeness (QED) is 0.197. The van der Waals surface area contributed by atoms with Crippen molar-refractivity contribution in [2.45, 2.75) is 6.92 Å². The average Bonchev–Trinajstić information content (AvgIpc) is 2.76. The Morgan fingerprint density at radius 2 is 1.37 bits per heavy atom. The average molecular weight is 481 g/mol. The molecule has 3 aromatic rings. The minimum atomic E-state index is 0. The smallest absolute Gasteiger partial charge is 0.763 e. The van der Waals surface area contributed by atoms with Gasteiger partial charge in [-0.15, -0.1) is 10.2 Å². The van der Waals surface area contributed by atoms with Crippen molar-refractivity contribution in [1.82, 2.24) is 5.32 Å². The van der Waals surface area contributed by atoms with Gasteiger partial charge in [-0.2, -0.15) is 10.2 Å². The zero-order valence-corrected chi connectivity index (χ0v) is 18.9. The van der Waals surface area contributed by atoms with Gasteiger partial charge in [-0.3, -0.25) is 0 Å². The van der Waals surface area contributed by atoms with Gasteiger partial charge in [0.25, 0.3) is 0 Å². The van der Waals surface area contributed by atoms with Gasteiger partial charge in [0.15, 0.2) is 0 Å². The fraction of sp³-hybridized carbons (Fsp3) is 0.0909. The normalized spacial score (nSPS) is 13.1. The standard InChI is InChI=1S/C22H21N5S2.Cu/c1-15(28)24-25-20(17-10-4-3-5-11-17)21(26-27-22(29)23-2)19-14-8-12-16-9-6-7-13-18(16)19;/h3-14H,1-2H3,(H,24,28)(H2,23,27,29);/q;+2/p-2/b25-20+,26-21+;. The third-order valence-electron chi connectivity index (χ3n) is 4.06. The molecular weight excluding hydrogens is 462 g/mol. The zero-order chi connectivity index (χ0) is 20.6. The first kappa shape index (κ1) is 23.6. The van der Waals surface area contributed by atoms with E-state index in [2.05, 4.69) is 37.9 Å². The Bertz CT molecular complexity index is 1120. The monoisotopic (exact) mass is 480 g/mol. The number of fused-ring (bicyclic) bond motifs is 1. The summed E-state index contributed by atoms with van der Waals surface area (Å²) in [5.74, 6) is 0. The van der Waals surface area contributed by atoms with Crippen LogP contribution in [-0.2, 0) is 42.3 Å². The molecule has 1 N–H and O–H groups in total. The summed E-state index contributed by atoms with van der Waals surface area (Å²) in [7, 11) is 1.70. The van der Waals surface area contributed by atoms with E-state index in [4.69, 9.17) is 25.3 Å². The number of rotatable bonds is 5. The molecule has 3 aromatic carbocycles. The maximum atomic E-state index is 5.16. The molecule has 0 atom stereocenters. The molecule has 0 aliphatic heterocycles. The molecule has 0 bridgehead atoms. The Balaban J connectivity index is 0.00000320. The van der Waals surface area contributed by atoms with Gasteiger partial charge < -0.3 is 30.6 Å². The maximum Gasteiger partial charge on any atom is 2.00 e. The summed E-state index contributed by atoms with van der Waals surface area (Å²) in [4.78, 5) is 0. The molecule has 0 saturated heterocycles. The first-order chi connectivity index (χ1) is 14.1. The summed E-state index contributed by atoms with van der Waals surface area (Å²) in [6.07, 6.45) is 0. The van der Waals surface area contributed by atoms with Crippen LogP contribution in [0.1, 0.15) is 18.1 Å². The van der Waals surface area contributed by atoms with Crippen molar-refractivity contribution in [3.8, 4) is 0 Å². The van der Waals surface area contributed by atoms with Gasteiger partial charge in [-0.25, -0.2) is 0 Å². The Kier molecular flexibility index (Phi) is 9.08. The zero-order valence-electron chi connectivity index (χ0n) is 16.3. The number of hydrogen-bond acceptors (Lipinski definition) is 6. The molecule has 3 rings (SSSR count). The summed E-state index contributed by atoms with van der Waals surface area (Å²) in [6, 6.07) is 23.8. The van der Waals surface area contributed by atoms with Crippen molar-refractivity contribution in [3.63, 3.8) is 0 Å². The number of nitrogens with one attached hydrogen (secondary N) is 1. The van der Waals surface area contributed by atoms with Gasteiger partial charge >= 0.3 is 17.1 Å². The van der Waals surface area contributed by atoms with Gasteiger partial charge in [-0.05, 0) is 22.9 Å². The third kappa shape index (κ3) is 5.93. The first-order valence-electron chi connectivity index (χ1n) is 8.93. The second kappa shape index (κ2) is 11.5. The van der Waals surface area contributed by atoms with Crippen molar-refractivity contribution >= 4 is 57.7 Å². The number of benzene rings is 3. The SMILES string of the molecule is CN/C([S-])=N/N=C(/C(=N/N=C(/C)[S-])c1ccccc1)c1cccc2ccccc12.[Cu+2]. The van der Waals surface area contributed by atoms with Crippen LogP contribution in [0.3, 0.4) is 0 Å². The minimum Gasteiger partial charge on any atom is -0.763 e. The molecule has 0 heterocycles. The predicted octanol–water partition coefficient (Wildman–Crippen LogP) is 4.03. The van der Waals surface area contributed by atoms with E-state index in [0.29, 0.717) is 16.5 Å². The molecule has 0 spiro atoms. The van der Waals surface area contributed by atoms with Crippen LogP contribution in [0.5, 0.6) is 0 Å². The fourth-order valence-corrected chi connectivity index (χ4v) is 2.85. The van der Waals surface area contributed by atoms with Crippen molar-refractivity contribution in [2.75, 3.05) is 7.05 Å². The van der Waals surface area contributed by atoms with Gasteiger partial charge in [0.05, 0.1) is 0 Å². The van der Waals surface area contributed by atoms with Crippen LogP contribution in [0.25, 0.3) is 10.8 Å². The van der Waals surface area contributed by atoms with E-state index in [1.807, 2.05) is 60.7 Å². The topological polar surface area (TPSA) is 61.5 Å². The molecular formula is C22H19CuN5S2. The summed E-state index contributed by atoms with van der Waals surface area (Å²) < 4.78 is 0. The molecule has 5 nitrogen and oxygen atoms in total. The van der Waals surface area contributed by atoms with E-state index >= 15 is 0 Å². The van der Waals surface area contributed by atoms with E-state index in [9.17, 15) is 0 Å². The molecule has 8 heteroatoms. The first-order valence-corrected chi connectivity index (χ1v) is 9.75. The Morgan fingerprint density at radius 1 is 0.733 bits per heavy atom. The van der Waals surface area contributed by atoms with Crippen LogP contribution in [0, 0.1) is 0 Å². The van der Waals surface area contributed by atoms with Crippen LogP contribution in [0.4, 0.5) is 0 Å². The van der Waals surface area contributed by atoms with Crippen molar-refractivity contribution in [3.05, 3.63) is 83.9 Å². The van der Waals surface area contributed by atoms with Crippen LogP contribution < -0.4 is 5.32 Å². The molecule has 0 fully saturated rings. The van der Waals surface area contributed by atoms with Gasteiger partial charge in [0.2, 0.25) is 0 Å². The van der Waals surface area contributed by atoms with E-state index < -0.39 is 0 Å². The van der Waals surface area contributed by atoms with Gasteiger partial charge in [0, 0.05) is 18.2 Å². The van der Waals surface area contributed by atoms with Crippen LogP contribution >= 0.6 is 0 Å². The van der Waals surface area contributed by atoms with Gasteiger partial charge in [0.1, 0.15) is 11.4 Å². The van der Waals surface area contributed by atoms with E-state index in [-0.39, 0.29) is 22.2 Å². The Labute approximate surface area is 197 Å². The summed E-state index contributed by atoms with van der Waals surface area (Å²) in [6.45, 7) is 1.72. The van der Waals surface area contributed by atoms with Crippen LogP contribution in [-0.4, -0.2) is 28.7 Å². The molecule has 0 unspecified atom stereocenters. The molecule has 0 saturated carbocycles. The molecule has 0 amide bonds. The second-order valence-electron chi connectivity index (χ2n) is 6.06. The van der Waals surface area contributed by atoms with Crippen LogP contribution in [0.15, 0.2) is 93.2 Å². The summed E-state index contributed by atoms with van der Waals surface area (Å²) in [5, 5.41) is 22.8.